The molecule has 8 nitrogen and oxygen atoms in total. The summed E-state index contributed by atoms with van der Waals surface area (Å²) in [6.45, 7) is 0. The topological polar surface area (TPSA) is 98.1 Å². The van der Waals surface area contributed by atoms with Crippen LogP contribution >= 0.6 is 11.6 Å². The molecule has 0 unspecified atom stereocenters. The highest BCUT2D eigenvalue weighted by Crippen LogP contribution is 2.34. The molecule has 0 saturated carbocycles. The van der Waals surface area contributed by atoms with E-state index in [9.17, 15) is 22.8 Å². The van der Waals surface area contributed by atoms with Crippen molar-refractivity contribution in [2.45, 2.75) is 6.18 Å². The van der Waals surface area contributed by atoms with Gasteiger partial charge in [0, 0.05) is 28.9 Å². The molecule has 200 valence electrons. The Balaban J connectivity index is 1.48. The van der Waals surface area contributed by atoms with E-state index in [1.54, 1.807) is 66.2 Å². The molecular formula is C27H21ClF3N5O3. The van der Waals surface area contributed by atoms with Crippen LogP contribution in [0.3, 0.4) is 0 Å². The van der Waals surface area contributed by atoms with Crippen LogP contribution in [0.4, 0.5) is 29.3 Å². The number of amides is 2. The van der Waals surface area contributed by atoms with Crippen molar-refractivity contribution in [3.8, 4) is 11.4 Å². The lowest BCUT2D eigenvalue weighted by Crippen LogP contribution is -2.21. The summed E-state index contributed by atoms with van der Waals surface area (Å²) in [6.07, 6.45) is -1.30. The highest BCUT2D eigenvalue weighted by Gasteiger charge is 2.33. The molecule has 1 aromatic heterocycles. The van der Waals surface area contributed by atoms with E-state index < -0.39 is 23.7 Å². The number of aromatic nitrogens is 3. The maximum atomic E-state index is 13.2. The quantitative estimate of drug-likeness (QED) is 0.256. The number of rotatable bonds is 6. The predicted molar refractivity (Wildman–Crippen MR) is 142 cm³/mol. The molecule has 0 fully saturated rings. The second-order valence-electron chi connectivity index (χ2n) is 8.17. The number of nitrogens with one attached hydrogen (secondary N) is 2. The van der Waals surface area contributed by atoms with E-state index in [-0.39, 0.29) is 5.69 Å². The Hall–Kier alpha value is -4.64. The third-order valence-corrected chi connectivity index (χ3v) is 5.98. The van der Waals surface area contributed by atoms with E-state index in [2.05, 4.69) is 20.8 Å². The fourth-order valence-electron chi connectivity index (χ4n) is 3.72. The minimum atomic E-state index is -4.60. The molecule has 0 atom stereocenters. The van der Waals surface area contributed by atoms with Gasteiger partial charge in [0.1, 0.15) is 0 Å². The SMILES string of the molecule is COC(=O)c1cccc(Cl)c1/C=C/c1nnc(-c2ccc(NC(=O)Nc3ccccc3C(F)(F)F)cc2)n1C. The number of carbonyl (C=O) groups is 2. The van der Waals surface area contributed by atoms with Crippen molar-refractivity contribution in [3.63, 3.8) is 0 Å². The number of benzene rings is 3. The molecule has 12 heteroatoms. The third-order valence-electron chi connectivity index (χ3n) is 5.65. The normalized spacial score (nSPS) is 11.4. The number of esters is 1. The van der Waals surface area contributed by atoms with E-state index in [1.807, 2.05) is 0 Å². The lowest BCUT2D eigenvalue weighted by atomic mass is 10.1. The van der Waals surface area contributed by atoms with Crippen molar-refractivity contribution < 1.29 is 27.5 Å². The van der Waals surface area contributed by atoms with Gasteiger partial charge in [0.2, 0.25) is 0 Å². The number of carbonyl (C=O) groups excluding carboxylic acids is 2. The van der Waals surface area contributed by atoms with Crippen molar-refractivity contribution in [2.75, 3.05) is 17.7 Å². The smallest absolute Gasteiger partial charge is 0.418 e. The van der Waals surface area contributed by atoms with Gasteiger partial charge in [-0.25, -0.2) is 9.59 Å². The molecule has 4 rings (SSSR count). The van der Waals surface area contributed by atoms with E-state index in [0.717, 1.165) is 6.07 Å². The van der Waals surface area contributed by atoms with Crippen molar-refractivity contribution >= 4 is 47.1 Å². The Kier molecular flexibility index (Phi) is 8.01. The zero-order valence-corrected chi connectivity index (χ0v) is 21.3. The summed E-state index contributed by atoms with van der Waals surface area (Å²) < 4.78 is 46.0. The fourth-order valence-corrected chi connectivity index (χ4v) is 3.95. The van der Waals surface area contributed by atoms with E-state index in [0.29, 0.717) is 39.0 Å². The number of urea groups is 1. The number of nitrogens with zero attached hydrogens (tertiary/aromatic N) is 3. The second kappa shape index (κ2) is 11.4. The second-order valence-corrected chi connectivity index (χ2v) is 8.57. The number of para-hydroxylation sites is 1. The van der Waals surface area contributed by atoms with Crippen LogP contribution in [0.25, 0.3) is 23.5 Å². The van der Waals surface area contributed by atoms with Gasteiger partial charge in [-0.3, -0.25) is 0 Å². The maximum absolute atomic E-state index is 13.2. The molecule has 0 radical (unpaired) electrons. The first-order valence-corrected chi connectivity index (χ1v) is 11.7. The van der Waals surface area contributed by atoms with Crippen LogP contribution < -0.4 is 10.6 Å². The van der Waals surface area contributed by atoms with Gasteiger partial charge in [-0.1, -0.05) is 29.8 Å². The number of hydrogen-bond donors (Lipinski definition) is 2. The lowest BCUT2D eigenvalue weighted by Gasteiger charge is -2.14. The van der Waals surface area contributed by atoms with Crippen molar-refractivity contribution in [2.24, 2.45) is 7.05 Å². The molecule has 2 N–H and O–H groups in total. The number of halogens is 4. The molecule has 2 amide bonds. The molecule has 39 heavy (non-hydrogen) atoms. The first-order valence-electron chi connectivity index (χ1n) is 11.4. The molecule has 3 aromatic carbocycles. The molecule has 0 aliphatic heterocycles. The van der Waals surface area contributed by atoms with Gasteiger partial charge in [0.15, 0.2) is 11.6 Å². The van der Waals surface area contributed by atoms with Gasteiger partial charge in [-0.15, -0.1) is 10.2 Å². The molecule has 4 aromatic rings. The Morgan fingerprint density at radius 3 is 2.36 bits per heavy atom. The van der Waals surface area contributed by atoms with Crippen LogP contribution in [0.2, 0.25) is 5.02 Å². The van der Waals surface area contributed by atoms with Crippen LogP contribution in [0.15, 0.2) is 66.7 Å². The first kappa shape index (κ1) is 27.4. The number of ether oxygens (including phenoxy) is 1. The Labute approximate surface area is 226 Å². The molecule has 0 bridgehead atoms. The average Bonchev–Trinajstić information content (AvgIpc) is 3.27. The summed E-state index contributed by atoms with van der Waals surface area (Å²) in [5.41, 5.74) is 0.510. The minimum absolute atomic E-state index is 0.303. The van der Waals surface area contributed by atoms with Gasteiger partial charge >= 0.3 is 18.2 Å². The van der Waals surface area contributed by atoms with Crippen molar-refractivity contribution in [1.82, 2.24) is 14.8 Å². The van der Waals surface area contributed by atoms with Crippen LogP contribution in [0.1, 0.15) is 27.3 Å². The maximum Gasteiger partial charge on any atom is 0.418 e. The Morgan fingerprint density at radius 1 is 0.949 bits per heavy atom. The number of hydrogen-bond acceptors (Lipinski definition) is 5. The van der Waals surface area contributed by atoms with Crippen LogP contribution in [-0.4, -0.2) is 33.9 Å². The van der Waals surface area contributed by atoms with Crippen LogP contribution in [0.5, 0.6) is 0 Å². The highest BCUT2D eigenvalue weighted by molar-refractivity contribution is 6.32. The zero-order valence-electron chi connectivity index (χ0n) is 20.6. The predicted octanol–water partition coefficient (Wildman–Crippen LogP) is 6.76. The van der Waals surface area contributed by atoms with Gasteiger partial charge in [0.25, 0.3) is 0 Å². The summed E-state index contributed by atoms with van der Waals surface area (Å²) >= 11 is 6.28. The molecular weight excluding hydrogens is 535 g/mol. The van der Waals surface area contributed by atoms with Gasteiger partial charge in [-0.05, 0) is 60.7 Å². The van der Waals surface area contributed by atoms with E-state index in [4.69, 9.17) is 16.3 Å². The van der Waals surface area contributed by atoms with Crippen molar-refractivity contribution in [1.29, 1.82) is 0 Å². The molecule has 0 aliphatic rings. The van der Waals surface area contributed by atoms with Gasteiger partial charge in [0.05, 0.1) is 23.9 Å². The largest absolute Gasteiger partial charge is 0.465 e. The van der Waals surface area contributed by atoms with E-state index in [1.165, 1.54) is 25.3 Å². The molecule has 1 heterocycles. The molecule has 0 spiro atoms. The van der Waals surface area contributed by atoms with E-state index >= 15 is 0 Å². The Bertz CT molecular complexity index is 1550. The zero-order chi connectivity index (χ0) is 28.2. The minimum Gasteiger partial charge on any atom is -0.465 e. The summed E-state index contributed by atoms with van der Waals surface area (Å²) in [7, 11) is 3.03. The van der Waals surface area contributed by atoms with Gasteiger partial charge in [-0.2, -0.15) is 13.2 Å². The highest BCUT2D eigenvalue weighted by atomic mass is 35.5. The summed E-state index contributed by atoms with van der Waals surface area (Å²) in [4.78, 5) is 24.4. The summed E-state index contributed by atoms with van der Waals surface area (Å²) in [5, 5.41) is 13.5. The number of methoxy groups -OCH3 is 1. The number of anilines is 2. The van der Waals surface area contributed by atoms with Gasteiger partial charge < -0.3 is 19.9 Å². The Morgan fingerprint density at radius 2 is 1.67 bits per heavy atom. The standard InChI is InChI=1S/C27H21ClF3N5O3/c1-36-23(15-14-18-19(25(37)39-2)6-5-8-21(18)28)34-35-24(36)16-10-12-17(13-11-16)32-26(38)33-22-9-4-3-7-20(22)27(29,30)31/h3-15H,1-2H3,(H2,32,33,38)/b15-14+. The lowest BCUT2D eigenvalue weighted by molar-refractivity contribution is -0.136. The third kappa shape index (κ3) is 6.27. The fraction of sp³-hybridized carbons (Fsp3) is 0.111. The first-order chi connectivity index (χ1) is 18.6. The summed E-state index contributed by atoms with van der Waals surface area (Å²) in [6, 6.07) is 15.3. The average molecular weight is 556 g/mol. The summed E-state index contributed by atoms with van der Waals surface area (Å²) in [5.74, 6) is 0.463. The number of alkyl halides is 3. The van der Waals surface area contributed by atoms with Crippen LogP contribution in [-0.2, 0) is 18.0 Å². The molecule has 0 saturated heterocycles. The van der Waals surface area contributed by atoms with Crippen molar-refractivity contribution in [3.05, 3.63) is 94.3 Å². The van der Waals surface area contributed by atoms with Crippen LogP contribution in [0, 0.1) is 0 Å². The monoisotopic (exact) mass is 555 g/mol. The molecule has 0 aliphatic carbocycles.